The smallest absolute Gasteiger partial charge is 0.126 e. The number of rotatable bonds is 2. The van der Waals surface area contributed by atoms with Crippen molar-refractivity contribution in [1.82, 2.24) is 0 Å². The van der Waals surface area contributed by atoms with Crippen molar-refractivity contribution in [2.75, 3.05) is 0 Å². The van der Waals surface area contributed by atoms with E-state index in [0.29, 0.717) is 11.5 Å². The molecule has 1 N–H and O–H groups in total. The Balaban J connectivity index is 2.11. The lowest BCUT2D eigenvalue weighted by molar-refractivity contribution is 0.0987. The van der Waals surface area contributed by atoms with Crippen molar-refractivity contribution < 1.29 is 9.50 Å². The summed E-state index contributed by atoms with van der Waals surface area (Å²) in [6.07, 6.45) is 6.75. The van der Waals surface area contributed by atoms with E-state index in [1.807, 2.05) is 0 Å². The van der Waals surface area contributed by atoms with Gasteiger partial charge in [0, 0.05) is 0 Å². The van der Waals surface area contributed by atoms with Gasteiger partial charge in [-0.15, -0.1) is 0 Å². The van der Waals surface area contributed by atoms with E-state index < -0.39 is 6.10 Å². The fourth-order valence-corrected chi connectivity index (χ4v) is 2.75. The highest BCUT2D eigenvalue weighted by atomic mass is 19.1. The van der Waals surface area contributed by atoms with Crippen LogP contribution in [0.4, 0.5) is 4.39 Å². The van der Waals surface area contributed by atoms with Gasteiger partial charge in [-0.05, 0) is 42.9 Å². The van der Waals surface area contributed by atoms with Gasteiger partial charge in [0.2, 0.25) is 0 Å². The van der Waals surface area contributed by atoms with E-state index in [2.05, 4.69) is 0 Å². The highest BCUT2D eigenvalue weighted by molar-refractivity contribution is 5.26. The van der Waals surface area contributed by atoms with Crippen LogP contribution < -0.4 is 0 Å². The summed E-state index contributed by atoms with van der Waals surface area (Å²) in [7, 11) is 0. The zero-order valence-corrected chi connectivity index (χ0v) is 10.5. The number of halogens is 1. The molecule has 1 aliphatic carbocycles. The average Bonchev–Trinajstić information content (AvgIpc) is 2.60. The minimum atomic E-state index is -0.424. The Morgan fingerprint density at radius 3 is 2.41 bits per heavy atom. The molecule has 0 heterocycles. The van der Waals surface area contributed by atoms with Crippen LogP contribution in [0, 0.1) is 18.7 Å². The van der Waals surface area contributed by atoms with Crippen molar-refractivity contribution in [2.45, 2.75) is 51.6 Å². The lowest BCUT2D eigenvalue weighted by Crippen LogP contribution is -2.12. The first-order chi connectivity index (χ1) is 8.18. The van der Waals surface area contributed by atoms with Crippen molar-refractivity contribution in [3.63, 3.8) is 0 Å². The van der Waals surface area contributed by atoms with Crippen molar-refractivity contribution in [1.29, 1.82) is 0 Å². The predicted molar refractivity (Wildman–Crippen MR) is 67.3 cm³/mol. The molecule has 0 saturated heterocycles. The molecule has 1 aromatic carbocycles. The first-order valence-electron chi connectivity index (χ1n) is 6.62. The summed E-state index contributed by atoms with van der Waals surface area (Å²) in [4.78, 5) is 0. The Bertz CT molecular complexity index is 367. The van der Waals surface area contributed by atoms with E-state index in [1.54, 1.807) is 19.1 Å². The van der Waals surface area contributed by atoms with E-state index in [9.17, 15) is 9.50 Å². The van der Waals surface area contributed by atoms with Gasteiger partial charge in [-0.3, -0.25) is 0 Å². The van der Waals surface area contributed by atoms with Crippen LogP contribution in [0.5, 0.6) is 0 Å². The number of aliphatic hydroxyl groups is 1. The van der Waals surface area contributed by atoms with Crippen LogP contribution in [0.15, 0.2) is 18.2 Å². The molecule has 0 radical (unpaired) electrons. The maximum absolute atomic E-state index is 13.2. The van der Waals surface area contributed by atoms with Gasteiger partial charge >= 0.3 is 0 Å². The number of hydrogen-bond donors (Lipinski definition) is 1. The number of aliphatic hydroxyl groups excluding tert-OH is 1. The Kier molecular flexibility index (Phi) is 4.16. The molecule has 0 amide bonds. The first-order valence-corrected chi connectivity index (χ1v) is 6.62. The summed E-state index contributed by atoms with van der Waals surface area (Å²) >= 11 is 0. The molecule has 1 saturated carbocycles. The number of aryl methyl sites for hydroxylation is 1. The zero-order chi connectivity index (χ0) is 12.3. The largest absolute Gasteiger partial charge is 0.388 e. The van der Waals surface area contributed by atoms with Gasteiger partial charge in [0.05, 0.1) is 6.10 Å². The molecule has 17 heavy (non-hydrogen) atoms. The third-order valence-electron chi connectivity index (χ3n) is 3.87. The molecule has 0 aliphatic heterocycles. The van der Waals surface area contributed by atoms with E-state index in [1.165, 1.54) is 31.7 Å². The Hall–Kier alpha value is -0.890. The van der Waals surface area contributed by atoms with E-state index >= 15 is 0 Å². The molecule has 2 heteroatoms. The van der Waals surface area contributed by atoms with Gasteiger partial charge in [-0.1, -0.05) is 37.8 Å². The quantitative estimate of drug-likeness (QED) is 0.765. The maximum Gasteiger partial charge on any atom is 0.126 e. The van der Waals surface area contributed by atoms with Gasteiger partial charge in [-0.25, -0.2) is 4.39 Å². The lowest BCUT2D eigenvalue weighted by atomic mass is 9.89. The molecule has 1 unspecified atom stereocenters. The second kappa shape index (κ2) is 5.63. The number of benzene rings is 1. The maximum atomic E-state index is 13.2. The molecule has 1 fully saturated rings. The van der Waals surface area contributed by atoms with Gasteiger partial charge in [0.25, 0.3) is 0 Å². The molecule has 1 aliphatic rings. The Labute approximate surface area is 103 Å². The third-order valence-corrected chi connectivity index (χ3v) is 3.87. The van der Waals surface area contributed by atoms with Crippen LogP contribution in [0.1, 0.15) is 55.8 Å². The van der Waals surface area contributed by atoms with E-state index in [0.717, 1.165) is 18.4 Å². The Morgan fingerprint density at radius 2 is 1.82 bits per heavy atom. The average molecular weight is 236 g/mol. The van der Waals surface area contributed by atoms with Crippen LogP contribution in [-0.2, 0) is 0 Å². The molecule has 1 atom stereocenters. The van der Waals surface area contributed by atoms with Crippen molar-refractivity contribution in [3.05, 3.63) is 35.1 Å². The zero-order valence-electron chi connectivity index (χ0n) is 10.5. The molecule has 1 aromatic rings. The highest BCUT2D eigenvalue weighted by Gasteiger charge is 2.22. The van der Waals surface area contributed by atoms with Crippen molar-refractivity contribution in [3.8, 4) is 0 Å². The molecule has 2 rings (SSSR count). The summed E-state index contributed by atoms with van der Waals surface area (Å²) in [5, 5.41) is 10.4. The van der Waals surface area contributed by atoms with Gasteiger partial charge in [0.1, 0.15) is 5.82 Å². The molecule has 94 valence electrons. The summed E-state index contributed by atoms with van der Waals surface area (Å²) in [6, 6.07) is 4.97. The first kappa shape index (κ1) is 12.6. The topological polar surface area (TPSA) is 20.2 Å². The summed E-state index contributed by atoms with van der Waals surface area (Å²) in [6.45, 7) is 1.75. The number of hydrogen-bond acceptors (Lipinski definition) is 1. The fourth-order valence-electron chi connectivity index (χ4n) is 2.75. The second-order valence-corrected chi connectivity index (χ2v) is 5.21. The predicted octanol–water partition coefficient (Wildman–Crippen LogP) is 4.14. The Morgan fingerprint density at radius 1 is 1.18 bits per heavy atom. The third kappa shape index (κ3) is 3.06. The van der Waals surface area contributed by atoms with Crippen molar-refractivity contribution in [2.24, 2.45) is 5.92 Å². The lowest BCUT2D eigenvalue weighted by Gasteiger charge is -2.22. The monoisotopic (exact) mass is 236 g/mol. The van der Waals surface area contributed by atoms with E-state index in [4.69, 9.17) is 0 Å². The van der Waals surface area contributed by atoms with Crippen molar-refractivity contribution >= 4 is 0 Å². The second-order valence-electron chi connectivity index (χ2n) is 5.21. The SMILES string of the molecule is Cc1cc(C(O)C2CCCCCC2)ccc1F. The van der Waals surface area contributed by atoms with Crippen LogP contribution in [0.25, 0.3) is 0 Å². The fraction of sp³-hybridized carbons (Fsp3) is 0.600. The molecule has 0 spiro atoms. The van der Waals surface area contributed by atoms with E-state index in [-0.39, 0.29) is 5.82 Å². The van der Waals surface area contributed by atoms with Crippen LogP contribution in [-0.4, -0.2) is 5.11 Å². The molecular formula is C15H21FO. The summed E-state index contributed by atoms with van der Waals surface area (Å²) in [5.74, 6) is 0.157. The van der Waals surface area contributed by atoms with Gasteiger partial charge in [0.15, 0.2) is 0 Å². The van der Waals surface area contributed by atoms with Gasteiger partial charge < -0.3 is 5.11 Å². The molecule has 0 aromatic heterocycles. The normalized spacial score (nSPS) is 19.9. The standard InChI is InChI=1S/C15H21FO/c1-11-10-13(8-9-14(11)16)15(17)12-6-4-2-3-5-7-12/h8-10,12,15,17H,2-7H2,1H3. The van der Waals surface area contributed by atoms with Crippen LogP contribution >= 0.6 is 0 Å². The minimum Gasteiger partial charge on any atom is -0.388 e. The van der Waals surface area contributed by atoms with Crippen LogP contribution in [0.3, 0.4) is 0 Å². The van der Waals surface area contributed by atoms with Crippen LogP contribution in [0.2, 0.25) is 0 Å². The molecule has 1 nitrogen and oxygen atoms in total. The highest BCUT2D eigenvalue weighted by Crippen LogP contribution is 2.33. The summed E-state index contributed by atoms with van der Waals surface area (Å²) in [5.41, 5.74) is 1.49. The molecular weight excluding hydrogens is 215 g/mol. The van der Waals surface area contributed by atoms with Gasteiger partial charge in [-0.2, -0.15) is 0 Å². The minimum absolute atomic E-state index is 0.193. The molecule has 0 bridgehead atoms. The summed E-state index contributed by atoms with van der Waals surface area (Å²) < 4.78 is 13.2.